The molecule has 0 aliphatic carbocycles. The summed E-state index contributed by atoms with van der Waals surface area (Å²) in [6, 6.07) is 4.21. The maximum atomic E-state index is 4.76. The topological polar surface area (TPSA) is 37.8 Å². The largest absolute Gasteiger partial charge is 0.369 e. The van der Waals surface area contributed by atoms with E-state index in [0.717, 1.165) is 40.3 Å². The van der Waals surface area contributed by atoms with Gasteiger partial charge < -0.3 is 5.32 Å². The van der Waals surface area contributed by atoms with Gasteiger partial charge in [-0.1, -0.05) is 26.8 Å². The Morgan fingerprint density at radius 2 is 2.15 bits per heavy atom. The van der Waals surface area contributed by atoms with Crippen LogP contribution in [-0.2, 0) is 6.42 Å². The monoisotopic (exact) mass is 401 g/mol. The van der Waals surface area contributed by atoms with E-state index in [0.29, 0.717) is 5.92 Å². The molecule has 0 saturated heterocycles. The van der Waals surface area contributed by atoms with Crippen molar-refractivity contribution in [1.29, 1.82) is 0 Å². The number of hydrogen-bond acceptors (Lipinski definition) is 4. The summed E-state index contributed by atoms with van der Waals surface area (Å²) >= 11 is 4.12. The summed E-state index contributed by atoms with van der Waals surface area (Å²) in [5.41, 5.74) is 1.14. The van der Waals surface area contributed by atoms with Gasteiger partial charge in [-0.3, -0.25) is 0 Å². The molecule has 0 radical (unpaired) electrons. The Labute approximate surface area is 138 Å². The van der Waals surface area contributed by atoms with E-state index >= 15 is 0 Å². The second kappa shape index (κ2) is 7.36. The van der Waals surface area contributed by atoms with E-state index in [9.17, 15) is 0 Å². The van der Waals surface area contributed by atoms with Gasteiger partial charge in [-0.2, -0.15) is 0 Å². The molecule has 0 aliphatic rings. The molecule has 0 spiro atoms. The maximum absolute atomic E-state index is 4.76. The van der Waals surface area contributed by atoms with Crippen molar-refractivity contribution in [2.45, 2.75) is 39.5 Å². The maximum Gasteiger partial charge on any atom is 0.143 e. The van der Waals surface area contributed by atoms with Crippen molar-refractivity contribution in [2.75, 3.05) is 11.9 Å². The molecule has 0 unspecified atom stereocenters. The molecular weight excluding hydrogens is 381 g/mol. The molecule has 2 rings (SSSR count). The van der Waals surface area contributed by atoms with Gasteiger partial charge in [0.05, 0.1) is 9.26 Å². The van der Waals surface area contributed by atoms with Crippen molar-refractivity contribution < 1.29 is 0 Å². The minimum absolute atomic E-state index is 0.411. The average molecular weight is 401 g/mol. The lowest BCUT2D eigenvalue weighted by atomic mass is 10.1. The predicted molar refractivity (Wildman–Crippen MR) is 94.7 cm³/mol. The third-order valence-corrected chi connectivity index (χ3v) is 4.86. The second-order valence-corrected chi connectivity index (χ2v) is 7.14. The Morgan fingerprint density at radius 3 is 2.75 bits per heavy atom. The van der Waals surface area contributed by atoms with Crippen molar-refractivity contribution >= 4 is 39.7 Å². The van der Waals surface area contributed by atoms with Gasteiger partial charge in [0.15, 0.2) is 0 Å². The average Bonchev–Trinajstić information content (AvgIpc) is 2.91. The number of thiophene rings is 1. The Balaban J connectivity index is 2.33. The van der Waals surface area contributed by atoms with Gasteiger partial charge in [-0.25, -0.2) is 9.97 Å². The van der Waals surface area contributed by atoms with Crippen LogP contribution in [0.15, 0.2) is 17.5 Å². The van der Waals surface area contributed by atoms with Crippen molar-refractivity contribution in [2.24, 2.45) is 0 Å². The lowest BCUT2D eigenvalue weighted by molar-refractivity contribution is 0.783. The van der Waals surface area contributed by atoms with Crippen molar-refractivity contribution in [3.63, 3.8) is 0 Å². The third-order valence-electron chi connectivity index (χ3n) is 2.92. The number of anilines is 1. The SMILES string of the molecule is CCCNc1nc(Cc2cccs2)nc(C(C)C)c1I. The van der Waals surface area contributed by atoms with Gasteiger partial charge in [0.1, 0.15) is 11.6 Å². The number of nitrogens with one attached hydrogen (secondary N) is 1. The Morgan fingerprint density at radius 1 is 1.35 bits per heavy atom. The fourth-order valence-electron chi connectivity index (χ4n) is 1.90. The van der Waals surface area contributed by atoms with Crippen LogP contribution in [0, 0.1) is 3.57 Å². The molecule has 2 heterocycles. The molecule has 2 aromatic heterocycles. The molecule has 2 aromatic rings. The molecule has 0 aliphatic heterocycles. The second-order valence-electron chi connectivity index (χ2n) is 5.03. The highest BCUT2D eigenvalue weighted by Crippen LogP contribution is 2.26. The zero-order valence-electron chi connectivity index (χ0n) is 12.1. The van der Waals surface area contributed by atoms with E-state index in [2.05, 4.69) is 66.2 Å². The van der Waals surface area contributed by atoms with Crippen LogP contribution in [0.5, 0.6) is 0 Å². The molecular formula is C15H20IN3S. The van der Waals surface area contributed by atoms with Crippen molar-refractivity contribution in [3.05, 3.63) is 37.5 Å². The van der Waals surface area contributed by atoms with Crippen LogP contribution in [0.4, 0.5) is 5.82 Å². The fourth-order valence-corrected chi connectivity index (χ4v) is 3.66. The quantitative estimate of drug-likeness (QED) is 0.715. The van der Waals surface area contributed by atoms with E-state index in [-0.39, 0.29) is 0 Å². The molecule has 0 bridgehead atoms. The highest BCUT2D eigenvalue weighted by molar-refractivity contribution is 14.1. The van der Waals surface area contributed by atoms with Crippen LogP contribution in [0.3, 0.4) is 0 Å². The highest BCUT2D eigenvalue weighted by atomic mass is 127. The molecule has 20 heavy (non-hydrogen) atoms. The minimum Gasteiger partial charge on any atom is -0.369 e. The number of hydrogen-bond donors (Lipinski definition) is 1. The number of halogens is 1. The lowest BCUT2D eigenvalue weighted by Gasteiger charge is -2.14. The lowest BCUT2D eigenvalue weighted by Crippen LogP contribution is -2.11. The molecule has 0 fully saturated rings. The summed E-state index contributed by atoms with van der Waals surface area (Å²) in [5.74, 6) is 2.31. The molecule has 0 saturated carbocycles. The van der Waals surface area contributed by atoms with Crippen LogP contribution in [-0.4, -0.2) is 16.5 Å². The van der Waals surface area contributed by atoms with E-state index in [1.54, 1.807) is 11.3 Å². The number of nitrogens with zero attached hydrogens (tertiary/aromatic N) is 2. The zero-order valence-corrected chi connectivity index (χ0v) is 15.1. The first-order valence-electron chi connectivity index (χ1n) is 6.94. The first kappa shape index (κ1) is 15.7. The van der Waals surface area contributed by atoms with Crippen molar-refractivity contribution in [1.82, 2.24) is 9.97 Å². The smallest absolute Gasteiger partial charge is 0.143 e. The van der Waals surface area contributed by atoms with Crippen LogP contribution in [0.1, 0.15) is 49.5 Å². The summed E-state index contributed by atoms with van der Waals surface area (Å²) in [5, 5.41) is 5.52. The normalized spacial score (nSPS) is 11.1. The zero-order chi connectivity index (χ0) is 14.5. The molecule has 0 atom stereocenters. The first-order valence-corrected chi connectivity index (χ1v) is 8.90. The molecule has 5 heteroatoms. The van der Waals surface area contributed by atoms with Gasteiger partial charge >= 0.3 is 0 Å². The van der Waals surface area contributed by atoms with E-state index in [1.165, 1.54) is 4.88 Å². The Kier molecular flexibility index (Phi) is 5.77. The first-order chi connectivity index (χ1) is 9.61. The molecule has 0 aromatic carbocycles. The summed E-state index contributed by atoms with van der Waals surface area (Å²) in [7, 11) is 0. The summed E-state index contributed by atoms with van der Waals surface area (Å²) in [6.45, 7) is 7.48. The Hall–Kier alpha value is -0.690. The summed E-state index contributed by atoms with van der Waals surface area (Å²) in [4.78, 5) is 10.8. The van der Waals surface area contributed by atoms with Crippen LogP contribution in [0.25, 0.3) is 0 Å². The van der Waals surface area contributed by atoms with Crippen LogP contribution in [0.2, 0.25) is 0 Å². The standard InChI is InChI=1S/C15H20IN3S/c1-4-7-17-15-13(16)14(10(2)3)18-12(19-15)9-11-6-5-8-20-11/h5-6,8,10H,4,7,9H2,1-3H3,(H,17,18,19). The summed E-state index contributed by atoms with van der Waals surface area (Å²) in [6.07, 6.45) is 1.91. The van der Waals surface area contributed by atoms with Crippen molar-refractivity contribution in [3.8, 4) is 0 Å². The van der Waals surface area contributed by atoms with E-state index in [4.69, 9.17) is 9.97 Å². The van der Waals surface area contributed by atoms with Gasteiger partial charge in [0.2, 0.25) is 0 Å². The van der Waals surface area contributed by atoms with Crippen LogP contribution < -0.4 is 5.32 Å². The molecule has 1 N–H and O–H groups in total. The third kappa shape index (κ3) is 3.91. The van der Waals surface area contributed by atoms with Gasteiger partial charge in [0, 0.05) is 17.8 Å². The highest BCUT2D eigenvalue weighted by Gasteiger charge is 2.15. The minimum atomic E-state index is 0.411. The van der Waals surface area contributed by atoms with Gasteiger partial charge in [-0.05, 0) is 46.4 Å². The number of aromatic nitrogens is 2. The van der Waals surface area contributed by atoms with Crippen LogP contribution >= 0.6 is 33.9 Å². The number of rotatable bonds is 6. The fraction of sp³-hybridized carbons (Fsp3) is 0.467. The summed E-state index contributed by atoms with van der Waals surface area (Å²) < 4.78 is 1.15. The van der Waals surface area contributed by atoms with E-state index < -0.39 is 0 Å². The Bertz CT molecular complexity index is 552. The van der Waals surface area contributed by atoms with Gasteiger partial charge in [0.25, 0.3) is 0 Å². The molecule has 108 valence electrons. The molecule has 0 amide bonds. The molecule has 3 nitrogen and oxygen atoms in total. The predicted octanol–water partition coefficient (Wildman–Crippen LogP) is 4.68. The van der Waals surface area contributed by atoms with E-state index in [1.807, 2.05) is 0 Å². The van der Waals surface area contributed by atoms with Gasteiger partial charge in [-0.15, -0.1) is 11.3 Å².